The number of likely N-dealkylation sites (tertiary alicyclic amines) is 1. The number of nitrogens with zero attached hydrogens (tertiary/aromatic N) is 2. The molecule has 20 heavy (non-hydrogen) atoms. The molecular weight excluding hydrogens is 281 g/mol. The lowest BCUT2D eigenvalue weighted by atomic mass is 10.1. The monoisotopic (exact) mass is 301 g/mol. The minimum Gasteiger partial charge on any atom is -0.399 e. The van der Waals surface area contributed by atoms with Crippen molar-refractivity contribution in [3.05, 3.63) is 24.0 Å². The van der Waals surface area contributed by atoms with E-state index in [0.717, 1.165) is 25.5 Å². The molecule has 1 aromatic rings. The molecule has 2 N–H and O–H groups in total. The number of halogens is 1. The maximum atomic E-state index is 13.8. The molecule has 0 amide bonds. The summed E-state index contributed by atoms with van der Waals surface area (Å²) in [5.41, 5.74) is 5.80. The van der Waals surface area contributed by atoms with Crippen LogP contribution in [0.1, 0.15) is 12.8 Å². The molecule has 1 saturated heterocycles. The normalized spacial score (nSPS) is 21.3. The van der Waals surface area contributed by atoms with Crippen molar-refractivity contribution in [3.63, 3.8) is 0 Å². The molecule has 0 bridgehead atoms. The first kappa shape index (κ1) is 15.2. The van der Waals surface area contributed by atoms with E-state index >= 15 is 0 Å². The van der Waals surface area contributed by atoms with Crippen LogP contribution >= 0.6 is 0 Å². The summed E-state index contributed by atoms with van der Waals surface area (Å²) >= 11 is 0. The van der Waals surface area contributed by atoms with Crippen molar-refractivity contribution in [1.29, 1.82) is 0 Å². The van der Waals surface area contributed by atoms with Crippen LogP contribution in [-0.2, 0) is 10.0 Å². The van der Waals surface area contributed by atoms with Gasteiger partial charge in [0.1, 0.15) is 10.7 Å². The van der Waals surface area contributed by atoms with E-state index in [1.54, 1.807) is 0 Å². The Kier molecular flexibility index (Phi) is 4.31. The maximum absolute atomic E-state index is 13.8. The molecule has 1 unspecified atom stereocenters. The molecule has 1 atom stereocenters. The Morgan fingerprint density at radius 1 is 1.45 bits per heavy atom. The fraction of sp³-hybridized carbons (Fsp3) is 0.538. The van der Waals surface area contributed by atoms with Crippen LogP contribution in [0.5, 0.6) is 0 Å². The third kappa shape index (κ3) is 2.94. The summed E-state index contributed by atoms with van der Waals surface area (Å²) in [6, 6.07) is 3.47. The minimum atomic E-state index is -3.86. The third-order valence-corrected chi connectivity index (χ3v) is 5.65. The van der Waals surface area contributed by atoms with Crippen molar-refractivity contribution in [3.8, 4) is 0 Å². The summed E-state index contributed by atoms with van der Waals surface area (Å²) in [6.07, 6.45) is 1.71. The van der Waals surface area contributed by atoms with Gasteiger partial charge in [-0.05, 0) is 44.6 Å². The van der Waals surface area contributed by atoms with Crippen molar-refractivity contribution in [1.82, 2.24) is 9.21 Å². The Morgan fingerprint density at radius 3 is 2.80 bits per heavy atom. The second kappa shape index (κ2) is 5.67. The summed E-state index contributed by atoms with van der Waals surface area (Å²) in [5, 5.41) is 0. The van der Waals surface area contributed by atoms with Crippen LogP contribution in [0, 0.1) is 5.82 Å². The summed E-state index contributed by atoms with van der Waals surface area (Å²) in [4.78, 5) is 1.73. The molecule has 1 aliphatic rings. The molecule has 112 valence electrons. The number of sulfonamides is 1. The lowest BCUT2D eigenvalue weighted by molar-refractivity contribution is 0.187. The SMILES string of the molecule is CN1CCCC(N(C)S(=O)(=O)c2cc(N)ccc2F)C1. The molecule has 0 radical (unpaired) electrons. The van der Waals surface area contributed by atoms with Gasteiger partial charge in [-0.15, -0.1) is 0 Å². The number of hydrogen-bond acceptors (Lipinski definition) is 4. The van der Waals surface area contributed by atoms with Gasteiger partial charge in [-0.1, -0.05) is 0 Å². The van der Waals surface area contributed by atoms with Crippen LogP contribution in [0.15, 0.2) is 23.1 Å². The van der Waals surface area contributed by atoms with E-state index in [1.807, 2.05) is 7.05 Å². The van der Waals surface area contributed by atoms with Crippen LogP contribution in [-0.4, -0.2) is 50.8 Å². The maximum Gasteiger partial charge on any atom is 0.246 e. The van der Waals surface area contributed by atoms with Crippen LogP contribution in [0.2, 0.25) is 0 Å². The van der Waals surface area contributed by atoms with Crippen molar-refractivity contribution in [2.75, 3.05) is 32.9 Å². The number of piperidine rings is 1. The van der Waals surface area contributed by atoms with Gasteiger partial charge in [-0.3, -0.25) is 0 Å². The number of nitrogens with two attached hydrogens (primary N) is 1. The van der Waals surface area contributed by atoms with Crippen molar-refractivity contribution in [2.24, 2.45) is 0 Å². The Balaban J connectivity index is 2.31. The Labute approximate surface area is 119 Å². The highest BCUT2D eigenvalue weighted by Crippen LogP contribution is 2.25. The molecule has 2 rings (SSSR count). The highest BCUT2D eigenvalue weighted by atomic mass is 32.2. The molecule has 7 heteroatoms. The van der Waals surface area contributed by atoms with Gasteiger partial charge in [-0.2, -0.15) is 4.31 Å². The first-order chi connectivity index (χ1) is 9.32. The van der Waals surface area contributed by atoms with E-state index in [9.17, 15) is 12.8 Å². The molecule has 1 heterocycles. The first-order valence-electron chi connectivity index (χ1n) is 6.54. The van der Waals surface area contributed by atoms with Crippen molar-refractivity contribution in [2.45, 2.75) is 23.8 Å². The number of benzene rings is 1. The molecule has 0 saturated carbocycles. The van der Waals surface area contributed by atoms with E-state index in [1.165, 1.54) is 23.5 Å². The first-order valence-corrected chi connectivity index (χ1v) is 7.98. The van der Waals surface area contributed by atoms with Crippen LogP contribution in [0.4, 0.5) is 10.1 Å². The van der Waals surface area contributed by atoms with Gasteiger partial charge >= 0.3 is 0 Å². The highest BCUT2D eigenvalue weighted by molar-refractivity contribution is 7.89. The quantitative estimate of drug-likeness (QED) is 0.850. The fourth-order valence-electron chi connectivity index (χ4n) is 2.50. The zero-order valence-electron chi connectivity index (χ0n) is 11.7. The molecular formula is C13H20FN3O2S. The van der Waals surface area contributed by atoms with Crippen molar-refractivity contribution >= 4 is 15.7 Å². The average Bonchev–Trinajstić information content (AvgIpc) is 2.40. The summed E-state index contributed by atoms with van der Waals surface area (Å²) < 4.78 is 40.1. The molecule has 0 aliphatic carbocycles. The topological polar surface area (TPSA) is 66.6 Å². The zero-order chi connectivity index (χ0) is 14.9. The number of nitrogen functional groups attached to an aromatic ring is 1. The lowest BCUT2D eigenvalue weighted by Crippen LogP contribution is -2.47. The Morgan fingerprint density at radius 2 is 2.15 bits per heavy atom. The van der Waals surface area contributed by atoms with E-state index in [-0.39, 0.29) is 16.6 Å². The summed E-state index contributed by atoms with van der Waals surface area (Å²) in [5.74, 6) is -0.768. The highest BCUT2D eigenvalue weighted by Gasteiger charge is 2.32. The Bertz CT molecular complexity index is 591. The van der Waals surface area contributed by atoms with Crippen molar-refractivity contribution < 1.29 is 12.8 Å². The largest absolute Gasteiger partial charge is 0.399 e. The van der Waals surface area contributed by atoms with Gasteiger partial charge in [-0.25, -0.2) is 12.8 Å². The van der Waals surface area contributed by atoms with Gasteiger partial charge in [0, 0.05) is 25.3 Å². The second-order valence-corrected chi connectivity index (χ2v) is 7.24. The van der Waals surface area contributed by atoms with Crippen LogP contribution in [0.25, 0.3) is 0 Å². The van der Waals surface area contributed by atoms with Gasteiger partial charge < -0.3 is 10.6 Å². The zero-order valence-corrected chi connectivity index (χ0v) is 12.5. The predicted octanol–water partition coefficient (Wildman–Crippen LogP) is 1.12. The predicted molar refractivity (Wildman–Crippen MR) is 76.3 cm³/mol. The molecule has 1 aliphatic heterocycles. The fourth-order valence-corrected chi connectivity index (χ4v) is 3.98. The number of likely N-dealkylation sites (N-methyl/N-ethyl adjacent to an activating group) is 2. The molecule has 5 nitrogen and oxygen atoms in total. The number of anilines is 1. The smallest absolute Gasteiger partial charge is 0.246 e. The molecule has 1 aromatic carbocycles. The van der Waals surface area contributed by atoms with E-state index < -0.39 is 15.8 Å². The minimum absolute atomic E-state index is 0.139. The Hall–Kier alpha value is -1.18. The van der Waals surface area contributed by atoms with E-state index in [2.05, 4.69) is 4.90 Å². The molecule has 0 spiro atoms. The van der Waals surface area contributed by atoms with Crippen LogP contribution in [0.3, 0.4) is 0 Å². The standard InChI is InChI=1S/C13H20FN3O2S/c1-16-7-3-4-11(9-16)17(2)20(18,19)13-8-10(15)5-6-12(13)14/h5-6,8,11H,3-4,7,9,15H2,1-2H3. The third-order valence-electron chi connectivity index (χ3n) is 3.73. The second-order valence-electron chi connectivity index (χ2n) is 5.27. The summed E-state index contributed by atoms with van der Waals surface area (Å²) in [7, 11) is -0.410. The lowest BCUT2D eigenvalue weighted by Gasteiger charge is -2.35. The molecule has 0 aromatic heterocycles. The number of hydrogen-bond donors (Lipinski definition) is 1. The van der Waals surface area contributed by atoms with E-state index in [4.69, 9.17) is 5.73 Å². The van der Waals surface area contributed by atoms with E-state index in [0.29, 0.717) is 6.54 Å². The van der Waals surface area contributed by atoms with Gasteiger partial charge in [0.05, 0.1) is 0 Å². The van der Waals surface area contributed by atoms with Gasteiger partial charge in [0.25, 0.3) is 0 Å². The number of rotatable bonds is 3. The molecule has 1 fully saturated rings. The van der Waals surface area contributed by atoms with Gasteiger partial charge in [0.2, 0.25) is 10.0 Å². The van der Waals surface area contributed by atoms with Gasteiger partial charge in [0.15, 0.2) is 0 Å². The average molecular weight is 301 g/mol. The summed E-state index contributed by atoms with van der Waals surface area (Å²) in [6.45, 7) is 1.61. The van der Waals surface area contributed by atoms with Crippen LogP contribution < -0.4 is 5.73 Å².